The predicted molar refractivity (Wildman–Crippen MR) is 73.5 cm³/mol. The molecule has 6 nitrogen and oxygen atoms in total. The minimum atomic E-state index is -0.445. The maximum atomic E-state index is 12.0. The number of rotatable bonds is 2. The number of nitrogens with zero attached hydrogens (tertiary/aromatic N) is 3. The summed E-state index contributed by atoms with van der Waals surface area (Å²) in [7, 11) is 0. The van der Waals surface area contributed by atoms with Crippen molar-refractivity contribution in [3.05, 3.63) is 56.6 Å². The van der Waals surface area contributed by atoms with Crippen molar-refractivity contribution in [3.8, 4) is 11.3 Å². The van der Waals surface area contributed by atoms with Crippen LogP contribution in [0, 0.1) is 10.1 Å². The van der Waals surface area contributed by atoms with E-state index in [9.17, 15) is 14.9 Å². The number of nitro benzene ring substituents is 1. The zero-order chi connectivity index (χ0) is 14.1. The molecule has 0 saturated carbocycles. The summed E-state index contributed by atoms with van der Waals surface area (Å²) in [5.41, 5.74) is 1.28. The Morgan fingerprint density at radius 2 is 1.95 bits per heavy atom. The lowest BCUT2D eigenvalue weighted by Gasteiger charge is -2.17. The summed E-state index contributed by atoms with van der Waals surface area (Å²) in [6.45, 7) is 0.724. The molecule has 0 spiro atoms. The van der Waals surface area contributed by atoms with Gasteiger partial charge in [0.15, 0.2) is 0 Å². The van der Waals surface area contributed by atoms with Crippen molar-refractivity contribution >= 4 is 5.69 Å². The lowest BCUT2D eigenvalue weighted by atomic mass is 10.1. The van der Waals surface area contributed by atoms with E-state index in [2.05, 4.69) is 4.98 Å². The average Bonchev–Trinajstić information content (AvgIpc) is 2.47. The van der Waals surface area contributed by atoms with Gasteiger partial charge >= 0.3 is 0 Å². The average molecular weight is 271 g/mol. The summed E-state index contributed by atoms with van der Waals surface area (Å²) in [6.07, 6.45) is 2.84. The van der Waals surface area contributed by atoms with Gasteiger partial charge in [-0.1, -0.05) is 0 Å². The fourth-order valence-corrected chi connectivity index (χ4v) is 2.44. The van der Waals surface area contributed by atoms with Crippen LogP contribution in [0.3, 0.4) is 0 Å². The van der Waals surface area contributed by atoms with E-state index in [0.717, 1.165) is 37.2 Å². The van der Waals surface area contributed by atoms with Crippen LogP contribution < -0.4 is 5.56 Å². The highest BCUT2D eigenvalue weighted by molar-refractivity contribution is 5.60. The zero-order valence-corrected chi connectivity index (χ0v) is 10.8. The molecule has 3 rings (SSSR count). The Hall–Kier alpha value is -2.50. The van der Waals surface area contributed by atoms with E-state index in [-0.39, 0.29) is 11.2 Å². The number of benzene rings is 1. The summed E-state index contributed by atoms with van der Waals surface area (Å²) in [4.78, 5) is 26.7. The SMILES string of the molecule is O=c1cc(-c2ccc([N+](=O)[O-])cc2)nc2n1CCCC2. The molecule has 0 bridgehead atoms. The Labute approximate surface area is 114 Å². The Kier molecular flexibility index (Phi) is 3.06. The van der Waals surface area contributed by atoms with Gasteiger partial charge in [0.05, 0.1) is 10.6 Å². The highest BCUT2D eigenvalue weighted by Crippen LogP contribution is 2.21. The second-order valence-electron chi connectivity index (χ2n) is 4.81. The minimum absolute atomic E-state index is 0.0310. The second-order valence-corrected chi connectivity index (χ2v) is 4.81. The summed E-state index contributed by atoms with van der Waals surface area (Å²) >= 11 is 0. The molecule has 0 unspecified atom stereocenters. The van der Waals surface area contributed by atoms with E-state index < -0.39 is 4.92 Å². The van der Waals surface area contributed by atoms with Gasteiger partial charge in [0, 0.05) is 36.7 Å². The molecule has 0 radical (unpaired) electrons. The predicted octanol–water partition coefficient (Wildman–Crippen LogP) is 2.15. The van der Waals surface area contributed by atoms with Crippen LogP contribution in [0.4, 0.5) is 5.69 Å². The third-order valence-electron chi connectivity index (χ3n) is 3.49. The molecule has 1 aromatic carbocycles. The third kappa shape index (κ3) is 2.20. The zero-order valence-electron chi connectivity index (χ0n) is 10.8. The summed E-state index contributed by atoms with van der Waals surface area (Å²) in [6, 6.07) is 7.59. The van der Waals surface area contributed by atoms with Crippen LogP contribution in [0.2, 0.25) is 0 Å². The van der Waals surface area contributed by atoms with E-state index in [4.69, 9.17) is 0 Å². The van der Waals surface area contributed by atoms with Gasteiger partial charge in [-0.2, -0.15) is 0 Å². The third-order valence-corrected chi connectivity index (χ3v) is 3.49. The molecule has 1 aliphatic rings. The maximum Gasteiger partial charge on any atom is 0.269 e. The van der Waals surface area contributed by atoms with Crippen molar-refractivity contribution in [2.75, 3.05) is 0 Å². The number of hydrogen-bond acceptors (Lipinski definition) is 4. The van der Waals surface area contributed by atoms with E-state index in [1.807, 2.05) is 0 Å². The molecule has 2 aromatic rings. The molecule has 1 aliphatic heterocycles. The molecule has 2 heterocycles. The van der Waals surface area contributed by atoms with Crippen LogP contribution in [0.1, 0.15) is 18.7 Å². The molecule has 1 aromatic heterocycles. The standard InChI is InChI=1S/C14H13N3O3/c18-14-9-12(15-13-3-1-2-8-16(13)14)10-4-6-11(7-5-10)17(19)20/h4-7,9H,1-3,8H2. The molecule has 0 fully saturated rings. The molecule has 20 heavy (non-hydrogen) atoms. The van der Waals surface area contributed by atoms with Gasteiger partial charge in [-0.15, -0.1) is 0 Å². The Balaban J connectivity index is 2.04. The topological polar surface area (TPSA) is 78.0 Å². The molecule has 102 valence electrons. The van der Waals surface area contributed by atoms with Crippen molar-refractivity contribution in [1.82, 2.24) is 9.55 Å². The van der Waals surface area contributed by atoms with Crippen LogP contribution in [0.15, 0.2) is 35.1 Å². The molecule has 0 saturated heterocycles. The van der Waals surface area contributed by atoms with Gasteiger partial charge in [-0.05, 0) is 25.0 Å². The van der Waals surface area contributed by atoms with Crippen LogP contribution in [-0.4, -0.2) is 14.5 Å². The number of aryl methyl sites for hydroxylation is 1. The highest BCUT2D eigenvalue weighted by atomic mass is 16.6. The van der Waals surface area contributed by atoms with Gasteiger partial charge in [0.2, 0.25) is 0 Å². The number of hydrogen-bond donors (Lipinski definition) is 0. The van der Waals surface area contributed by atoms with E-state index >= 15 is 0 Å². The minimum Gasteiger partial charge on any atom is -0.297 e. The Morgan fingerprint density at radius 3 is 2.65 bits per heavy atom. The molecule has 0 N–H and O–H groups in total. The van der Waals surface area contributed by atoms with Crippen molar-refractivity contribution < 1.29 is 4.92 Å². The molecule has 6 heteroatoms. The van der Waals surface area contributed by atoms with E-state index in [1.165, 1.54) is 18.2 Å². The van der Waals surface area contributed by atoms with Gasteiger partial charge in [-0.25, -0.2) is 4.98 Å². The fourth-order valence-electron chi connectivity index (χ4n) is 2.44. The normalized spacial score (nSPS) is 13.8. The first-order valence-corrected chi connectivity index (χ1v) is 6.51. The Morgan fingerprint density at radius 1 is 1.20 bits per heavy atom. The number of aromatic nitrogens is 2. The second kappa shape index (κ2) is 4.88. The summed E-state index contributed by atoms with van der Waals surface area (Å²) in [5, 5.41) is 10.6. The monoisotopic (exact) mass is 271 g/mol. The van der Waals surface area contributed by atoms with Gasteiger partial charge in [-0.3, -0.25) is 19.5 Å². The molecular formula is C14H13N3O3. The fraction of sp³-hybridized carbons (Fsp3) is 0.286. The first kappa shape index (κ1) is 12.5. The smallest absolute Gasteiger partial charge is 0.269 e. The van der Waals surface area contributed by atoms with Crippen LogP contribution in [0.25, 0.3) is 11.3 Å². The number of fused-ring (bicyclic) bond motifs is 1. The van der Waals surface area contributed by atoms with Crippen molar-refractivity contribution in [2.45, 2.75) is 25.8 Å². The first-order chi connectivity index (χ1) is 9.65. The largest absolute Gasteiger partial charge is 0.297 e. The van der Waals surface area contributed by atoms with Crippen LogP contribution >= 0.6 is 0 Å². The van der Waals surface area contributed by atoms with Crippen LogP contribution in [0.5, 0.6) is 0 Å². The molecular weight excluding hydrogens is 258 g/mol. The van der Waals surface area contributed by atoms with Crippen molar-refractivity contribution in [3.63, 3.8) is 0 Å². The lowest BCUT2D eigenvalue weighted by molar-refractivity contribution is -0.384. The summed E-state index contributed by atoms with van der Waals surface area (Å²) < 4.78 is 1.71. The molecule has 0 aliphatic carbocycles. The van der Waals surface area contributed by atoms with E-state index in [1.54, 1.807) is 16.7 Å². The van der Waals surface area contributed by atoms with Crippen molar-refractivity contribution in [2.24, 2.45) is 0 Å². The first-order valence-electron chi connectivity index (χ1n) is 6.51. The molecule has 0 atom stereocenters. The number of nitro groups is 1. The maximum absolute atomic E-state index is 12.0. The highest BCUT2D eigenvalue weighted by Gasteiger charge is 2.14. The van der Waals surface area contributed by atoms with Crippen LogP contribution in [-0.2, 0) is 13.0 Å². The summed E-state index contributed by atoms with van der Waals surface area (Å²) in [5.74, 6) is 0.803. The lowest BCUT2D eigenvalue weighted by Crippen LogP contribution is -2.27. The van der Waals surface area contributed by atoms with Gasteiger partial charge in [0.25, 0.3) is 11.2 Å². The van der Waals surface area contributed by atoms with Crippen molar-refractivity contribution in [1.29, 1.82) is 0 Å². The van der Waals surface area contributed by atoms with Gasteiger partial charge < -0.3 is 0 Å². The van der Waals surface area contributed by atoms with Gasteiger partial charge in [0.1, 0.15) is 5.82 Å². The Bertz CT molecular complexity index is 719. The molecule has 0 amide bonds. The number of non-ortho nitro benzene ring substituents is 1. The quantitative estimate of drug-likeness (QED) is 0.619. The van der Waals surface area contributed by atoms with E-state index in [0.29, 0.717) is 5.69 Å².